The molecule has 8 nitrogen and oxygen atoms in total. The van der Waals surface area contributed by atoms with Crippen LogP contribution in [0.1, 0.15) is 66.2 Å². The van der Waals surface area contributed by atoms with Crippen molar-refractivity contribution in [2.24, 2.45) is 29.1 Å². The maximum absolute atomic E-state index is 13.0. The van der Waals surface area contributed by atoms with E-state index >= 15 is 0 Å². The van der Waals surface area contributed by atoms with E-state index in [1.807, 2.05) is 6.92 Å². The lowest BCUT2D eigenvalue weighted by Gasteiger charge is -2.43. The molecule has 0 aromatic heterocycles. The first-order chi connectivity index (χ1) is 15.6. The quantitative estimate of drug-likeness (QED) is 0.499. The highest BCUT2D eigenvalue weighted by Crippen LogP contribution is 2.59. The molecule has 1 N–H and O–H groups in total. The minimum Gasteiger partial charge on any atom is -0.462 e. The number of ether oxygens (including phenoxy) is 3. The van der Waals surface area contributed by atoms with E-state index in [1.54, 1.807) is 0 Å². The fraction of sp³-hybridized carbons (Fsp3) is 0.880. The molecule has 0 unspecified atom stereocenters. The Kier molecular flexibility index (Phi) is 7.06. The highest BCUT2D eigenvalue weighted by molar-refractivity contribution is 5.76. The van der Waals surface area contributed by atoms with Gasteiger partial charge >= 0.3 is 17.9 Å². The van der Waals surface area contributed by atoms with Crippen LogP contribution in [0.25, 0.3) is 0 Å². The molecule has 186 valence electrons. The summed E-state index contributed by atoms with van der Waals surface area (Å²) in [4.78, 5) is 39.2. The minimum absolute atomic E-state index is 0.00861. The summed E-state index contributed by atoms with van der Waals surface area (Å²) < 4.78 is 17.3. The van der Waals surface area contributed by atoms with Crippen LogP contribution >= 0.6 is 0 Å². The normalized spacial score (nSPS) is 43.6. The second kappa shape index (κ2) is 9.53. The number of esters is 3. The molecule has 0 spiro atoms. The van der Waals surface area contributed by atoms with Crippen LogP contribution in [0, 0.1) is 29.1 Å². The topological polar surface area (TPSA) is 102 Å². The maximum atomic E-state index is 13.0. The first-order valence-electron chi connectivity index (χ1n) is 12.6. The van der Waals surface area contributed by atoms with Crippen molar-refractivity contribution in [1.29, 1.82) is 0 Å². The van der Waals surface area contributed by atoms with Gasteiger partial charge < -0.3 is 24.2 Å². The van der Waals surface area contributed by atoms with E-state index in [4.69, 9.17) is 14.2 Å². The Morgan fingerprint density at radius 2 is 1.73 bits per heavy atom. The molecule has 4 fully saturated rings. The number of rotatable bonds is 4. The zero-order valence-electron chi connectivity index (χ0n) is 20.3. The van der Waals surface area contributed by atoms with E-state index in [1.165, 1.54) is 26.7 Å². The SMILES string of the molecule is CC(=O)O[C@H]1C[C@H](OC(C)=O)[C@]2(C)[C@@H]1[C@H](C)C[C@@H]1OC(=O)[C@@H](CN3CCCCCC3)[C@H]1[C@@H]2O. The number of fused-ring (bicyclic) bond motifs is 2. The monoisotopic (exact) mass is 465 g/mol. The highest BCUT2D eigenvalue weighted by atomic mass is 16.6. The lowest BCUT2D eigenvalue weighted by Crippen LogP contribution is -2.52. The number of nitrogens with zero attached hydrogens (tertiary/aromatic N) is 1. The average Bonchev–Trinajstić information content (AvgIpc) is 2.99. The van der Waals surface area contributed by atoms with Gasteiger partial charge in [-0.3, -0.25) is 14.4 Å². The summed E-state index contributed by atoms with van der Waals surface area (Å²) in [7, 11) is 0. The summed E-state index contributed by atoms with van der Waals surface area (Å²) in [6.07, 6.45) is 3.22. The van der Waals surface area contributed by atoms with Gasteiger partial charge in [0.25, 0.3) is 0 Å². The molecule has 0 aromatic carbocycles. The first kappa shape index (κ1) is 24.5. The molecule has 33 heavy (non-hydrogen) atoms. The Labute approximate surface area is 196 Å². The van der Waals surface area contributed by atoms with Crippen molar-refractivity contribution in [2.45, 2.75) is 90.6 Å². The second-order valence-corrected chi connectivity index (χ2v) is 10.9. The lowest BCUT2D eigenvalue weighted by atomic mass is 9.66. The summed E-state index contributed by atoms with van der Waals surface area (Å²) in [5.41, 5.74) is -0.852. The predicted molar refractivity (Wildman–Crippen MR) is 119 cm³/mol. The van der Waals surface area contributed by atoms with Gasteiger partial charge in [-0.15, -0.1) is 0 Å². The molecule has 9 atom stereocenters. The van der Waals surface area contributed by atoms with Crippen molar-refractivity contribution >= 4 is 17.9 Å². The van der Waals surface area contributed by atoms with Crippen LogP contribution in [0.5, 0.6) is 0 Å². The van der Waals surface area contributed by atoms with Gasteiger partial charge in [-0.05, 0) is 38.3 Å². The van der Waals surface area contributed by atoms with Gasteiger partial charge in [0.2, 0.25) is 0 Å². The molecule has 4 rings (SSSR count). The van der Waals surface area contributed by atoms with Gasteiger partial charge in [0.05, 0.1) is 12.0 Å². The van der Waals surface area contributed by atoms with Crippen molar-refractivity contribution in [3.63, 3.8) is 0 Å². The Bertz CT molecular complexity index is 764. The molecule has 4 aliphatic rings. The van der Waals surface area contributed by atoms with Crippen molar-refractivity contribution in [2.75, 3.05) is 19.6 Å². The fourth-order valence-corrected chi connectivity index (χ4v) is 7.38. The third-order valence-electron chi connectivity index (χ3n) is 8.72. The van der Waals surface area contributed by atoms with E-state index in [2.05, 4.69) is 11.8 Å². The van der Waals surface area contributed by atoms with Gasteiger partial charge in [0.1, 0.15) is 18.3 Å². The van der Waals surface area contributed by atoms with E-state index < -0.39 is 41.7 Å². The summed E-state index contributed by atoms with van der Waals surface area (Å²) in [6.45, 7) is 9.22. The number of carbonyl (C=O) groups excluding carboxylic acids is 3. The van der Waals surface area contributed by atoms with Gasteiger partial charge in [-0.25, -0.2) is 0 Å². The first-order valence-corrected chi connectivity index (χ1v) is 12.6. The Balaban J connectivity index is 1.67. The van der Waals surface area contributed by atoms with Crippen molar-refractivity contribution < 1.29 is 33.7 Å². The van der Waals surface area contributed by atoms with Gasteiger partial charge in [0, 0.05) is 44.1 Å². The van der Waals surface area contributed by atoms with Crippen molar-refractivity contribution in [3.05, 3.63) is 0 Å². The third kappa shape index (κ3) is 4.53. The van der Waals surface area contributed by atoms with Crippen LogP contribution in [0.15, 0.2) is 0 Å². The van der Waals surface area contributed by atoms with E-state index in [0.29, 0.717) is 19.4 Å². The summed E-state index contributed by atoms with van der Waals surface area (Å²) in [5.74, 6) is -2.05. The Hall–Kier alpha value is -1.67. The number of hydrogen-bond acceptors (Lipinski definition) is 8. The van der Waals surface area contributed by atoms with Crippen LogP contribution in [0.4, 0.5) is 0 Å². The molecule has 0 radical (unpaired) electrons. The lowest BCUT2D eigenvalue weighted by molar-refractivity contribution is -0.165. The third-order valence-corrected chi connectivity index (χ3v) is 8.72. The number of carbonyl (C=O) groups is 3. The van der Waals surface area contributed by atoms with Crippen LogP contribution in [-0.4, -0.2) is 72.0 Å². The van der Waals surface area contributed by atoms with Gasteiger partial charge in [0.15, 0.2) is 0 Å². The van der Waals surface area contributed by atoms with E-state index in [9.17, 15) is 19.5 Å². The van der Waals surface area contributed by atoms with E-state index in [-0.39, 0.29) is 29.7 Å². The molecule has 8 heteroatoms. The van der Waals surface area contributed by atoms with Crippen LogP contribution in [0.2, 0.25) is 0 Å². The second-order valence-electron chi connectivity index (χ2n) is 10.9. The summed E-state index contributed by atoms with van der Waals surface area (Å²) in [6, 6.07) is 0. The zero-order chi connectivity index (χ0) is 23.9. The fourth-order valence-electron chi connectivity index (χ4n) is 7.38. The van der Waals surface area contributed by atoms with Crippen LogP contribution in [0.3, 0.4) is 0 Å². The smallest absolute Gasteiger partial charge is 0.311 e. The molecule has 2 aliphatic heterocycles. The highest BCUT2D eigenvalue weighted by Gasteiger charge is 2.67. The minimum atomic E-state index is -0.925. The largest absolute Gasteiger partial charge is 0.462 e. The number of aliphatic hydroxyl groups excluding tert-OH is 1. The number of hydrogen-bond donors (Lipinski definition) is 1. The number of aliphatic hydroxyl groups is 1. The van der Waals surface area contributed by atoms with E-state index in [0.717, 1.165) is 25.9 Å². The Morgan fingerprint density at radius 1 is 1.09 bits per heavy atom. The maximum Gasteiger partial charge on any atom is 0.311 e. The molecule has 2 saturated carbocycles. The summed E-state index contributed by atoms with van der Waals surface area (Å²) >= 11 is 0. The Morgan fingerprint density at radius 3 is 2.33 bits per heavy atom. The molecular formula is C25H39NO7. The molecule has 0 aromatic rings. The standard InChI is InChI=1S/C25H39NO7/c1-14-11-18-21(17(24(30)33-18)13-26-9-7-5-6-8-10-26)23(29)25(4)20(32-16(3)28)12-19(22(14)25)31-15(2)27/h14,17-23,29H,5-13H2,1-4H3/t14-,17+,18+,19+,20+,21-,22-,23+,25-/m1/s1. The van der Waals surface area contributed by atoms with Crippen LogP contribution < -0.4 is 0 Å². The molecular weight excluding hydrogens is 426 g/mol. The van der Waals surface area contributed by atoms with Gasteiger partial charge in [-0.1, -0.05) is 26.7 Å². The van der Waals surface area contributed by atoms with Gasteiger partial charge in [-0.2, -0.15) is 0 Å². The molecule has 2 aliphatic carbocycles. The molecule has 2 heterocycles. The summed E-state index contributed by atoms with van der Waals surface area (Å²) in [5, 5.41) is 11.9. The van der Waals surface area contributed by atoms with Crippen molar-refractivity contribution in [3.8, 4) is 0 Å². The zero-order valence-corrected chi connectivity index (χ0v) is 20.3. The molecule has 2 saturated heterocycles. The van der Waals surface area contributed by atoms with Crippen LogP contribution in [-0.2, 0) is 28.6 Å². The number of likely N-dealkylation sites (tertiary alicyclic amines) is 1. The predicted octanol–water partition coefficient (Wildman–Crippen LogP) is 2.31. The molecule has 0 bridgehead atoms. The van der Waals surface area contributed by atoms with Crippen molar-refractivity contribution in [1.82, 2.24) is 4.90 Å². The average molecular weight is 466 g/mol. The molecule has 0 amide bonds.